The molecule has 0 bridgehead atoms. The fraction of sp³-hybridized carbons (Fsp3) is 0.207. The van der Waals surface area contributed by atoms with Gasteiger partial charge < -0.3 is 15.0 Å². The first-order valence-corrected chi connectivity index (χ1v) is 11.9. The lowest BCUT2D eigenvalue weighted by Crippen LogP contribution is -2.63. The molecule has 0 saturated carbocycles. The van der Waals surface area contributed by atoms with E-state index in [-0.39, 0.29) is 24.9 Å². The second-order valence-electron chi connectivity index (χ2n) is 9.12. The number of nitrogens with one attached hydrogen (secondary N) is 1. The number of nitrogens with zero attached hydrogens (tertiary/aromatic N) is 3. The van der Waals surface area contributed by atoms with Gasteiger partial charge >= 0.3 is 0 Å². The molecule has 1 atom stereocenters. The lowest BCUT2D eigenvalue weighted by atomic mass is 9.94. The van der Waals surface area contributed by atoms with E-state index in [0.29, 0.717) is 23.7 Å². The molecule has 0 unspecified atom stereocenters. The fourth-order valence-electron chi connectivity index (χ4n) is 4.56. The Kier molecular flexibility index (Phi) is 6.29. The average Bonchev–Trinajstić information content (AvgIpc) is 3.35. The minimum atomic E-state index is -1.15. The SMILES string of the molecule is COc1cccc(CN2C(=O)c3cc(-c4ccccc4)nn3C[C@@]2(C)C(=O)NCc2ccccc2)c1. The van der Waals surface area contributed by atoms with Crippen LogP contribution in [0.15, 0.2) is 91.0 Å². The van der Waals surface area contributed by atoms with Gasteiger partial charge in [0.15, 0.2) is 0 Å². The summed E-state index contributed by atoms with van der Waals surface area (Å²) in [5.74, 6) is 0.227. The highest BCUT2D eigenvalue weighted by Crippen LogP contribution is 2.32. The van der Waals surface area contributed by atoms with Crippen LogP contribution in [0.2, 0.25) is 0 Å². The summed E-state index contributed by atoms with van der Waals surface area (Å²) in [5, 5.41) is 7.74. The minimum absolute atomic E-state index is 0.231. The summed E-state index contributed by atoms with van der Waals surface area (Å²) in [4.78, 5) is 29.2. The van der Waals surface area contributed by atoms with Gasteiger partial charge in [-0.1, -0.05) is 72.8 Å². The van der Waals surface area contributed by atoms with E-state index >= 15 is 0 Å². The number of ether oxygens (including phenoxy) is 1. The molecule has 182 valence electrons. The third kappa shape index (κ3) is 4.47. The summed E-state index contributed by atoms with van der Waals surface area (Å²) in [6.45, 7) is 2.68. The number of hydrogen-bond donors (Lipinski definition) is 1. The van der Waals surface area contributed by atoms with Crippen LogP contribution in [-0.4, -0.2) is 39.1 Å². The van der Waals surface area contributed by atoms with Crippen molar-refractivity contribution in [2.75, 3.05) is 7.11 Å². The first-order valence-electron chi connectivity index (χ1n) is 11.9. The van der Waals surface area contributed by atoms with Crippen LogP contribution < -0.4 is 10.1 Å². The zero-order chi connectivity index (χ0) is 25.1. The van der Waals surface area contributed by atoms with Crippen molar-refractivity contribution >= 4 is 11.8 Å². The first kappa shape index (κ1) is 23.4. The second kappa shape index (κ2) is 9.70. The van der Waals surface area contributed by atoms with Gasteiger partial charge in [0, 0.05) is 18.7 Å². The molecular weight excluding hydrogens is 452 g/mol. The lowest BCUT2D eigenvalue weighted by Gasteiger charge is -2.43. The van der Waals surface area contributed by atoms with Crippen LogP contribution in [0.25, 0.3) is 11.3 Å². The van der Waals surface area contributed by atoms with E-state index < -0.39 is 5.54 Å². The number of carbonyl (C=O) groups is 2. The van der Waals surface area contributed by atoms with Gasteiger partial charge in [-0.3, -0.25) is 14.3 Å². The molecule has 0 saturated heterocycles. The predicted octanol–water partition coefficient (Wildman–Crippen LogP) is 4.29. The van der Waals surface area contributed by atoms with E-state index in [1.165, 1.54) is 0 Å². The highest BCUT2D eigenvalue weighted by Gasteiger charge is 2.48. The number of rotatable bonds is 7. The smallest absolute Gasteiger partial charge is 0.273 e. The van der Waals surface area contributed by atoms with Crippen LogP contribution in [0.3, 0.4) is 0 Å². The molecule has 1 N–H and O–H groups in total. The quantitative estimate of drug-likeness (QED) is 0.428. The van der Waals surface area contributed by atoms with Crippen molar-refractivity contribution in [1.82, 2.24) is 20.0 Å². The van der Waals surface area contributed by atoms with E-state index in [9.17, 15) is 9.59 Å². The molecule has 7 heteroatoms. The van der Waals surface area contributed by atoms with Crippen LogP contribution >= 0.6 is 0 Å². The molecule has 5 rings (SSSR count). The third-order valence-electron chi connectivity index (χ3n) is 6.63. The van der Waals surface area contributed by atoms with Crippen molar-refractivity contribution < 1.29 is 14.3 Å². The molecule has 36 heavy (non-hydrogen) atoms. The van der Waals surface area contributed by atoms with Crippen molar-refractivity contribution in [3.05, 3.63) is 108 Å². The zero-order valence-electron chi connectivity index (χ0n) is 20.3. The topological polar surface area (TPSA) is 76.5 Å². The molecular formula is C29H28N4O3. The van der Waals surface area contributed by atoms with Gasteiger partial charge in [-0.05, 0) is 36.2 Å². The molecule has 2 heterocycles. The number of carbonyl (C=O) groups excluding carboxylic acids is 2. The molecule has 1 aromatic heterocycles. The van der Waals surface area contributed by atoms with Crippen LogP contribution in [0, 0.1) is 0 Å². The summed E-state index contributed by atoms with van der Waals surface area (Å²) >= 11 is 0. The van der Waals surface area contributed by atoms with E-state index in [1.807, 2.05) is 84.9 Å². The summed E-state index contributed by atoms with van der Waals surface area (Å²) in [5.41, 5.74) is 2.80. The van der Waals surface area contributed by atoms with Gasteiger partial charge in [0.25, 0.3) is 5.91 Å². The Morgan fingerprint density at radius 3 is 2.39 bits per heavy atom. The van der Waals surface area contributed by atoms with Crippen molar-refractivity contribution in [2.45, 2.75) is 32.1 Å². The highest BCUT2D eigenvalue weighted by molar-refractivity contribution is 6.00. The summed E-state index contributed by atoms with van der Waals surface area (Å²) in [6, 6.07) is 28.8. The molecule has 0 fully saturated rings. The molecule has 0 spiro atoms. The van der Waals surface area contributed by atoms with Crippen molar-refractivity contribution in [3.63, 3.8) is 0 Å². The number of amides is 2. The molecule has 2 amide bonds. The number of aromatic nitrogens is 2. The number of hydrogen-bond acceptors (Lipinski definition) is 4. The molecule has 7 nitrogen and oxygen atoms in total. The van der Waals surface area contributed by atoms with Gasteiger partial charge in [0.1, 0.15) is 17.0 Å². The maximum Gasteiger partial charge on any atom is 0.273 e. The number of methoxy groups -OCH3 is 1. The lowest BCUT2D eigenvalue weighted by molar-refractivity contribution is -0.133. The van der Waals surface area contributed by atoms with Gasteiger partial charge in [-0.25, -0.2) is 0 Å². The Labute approximate surface area is 210 Å². The van der Waals surface area contributed by atoms with Crippen LogP contribution in [-0.2, 0) is 24.4 Å². The van der Waals surface area contributed by atoms with Gasteiger partial charge in [-0.15, -0.1) is 0 Å². The number of fused-ring (bicyclic) bond motifs is 1. The third-order valence-corrected chi connectivity index (χ3v) is 6.63. The van der Waals surface area contributed by atoms with Gasteiger partial charge in [-0.2, -0.15) is 5.10 Å². The maximum atomic E-state index is 13.9. The Balaban J connectivity index is 1.50. The van der Waals surface area contributed by atoms with Crippen molar-refractivity contribution in [3.8, 4) is 17.0 Å². The van der Waals surface area contributed by atoms with E-state index in [4.69, 9.17) is 9.84 Å². The summed E-state index contributed by atoms with van der Waals surface area (Å²) < 4.78 is 7.03. The number of benzene rings is 3. The Hall–Kier alpha value is -4.39. The standard InChI is InChI=1S/C29H28N4O3/c1-29(28(35)30-18-21-10-5-3-6-11-21)20-33-26(17-25(31-33)23-13-7-4-8-14-23)27(34)32(29)19-22-12-9-15-24(16-22)36-2/h3-17H,18-20H2,1-2H3,(H,30,35)/t29-/m0/s1. The minimum Gasteiger partial charge on any atom is -0.497 e. The van der Waals surface area contributed by atoms with E-state index in [2.05, 4.69) is 5.32 Å². The Morgan fingerprint density at radius 2 is 1.67 bits per heavy atom. The predicted molar refractivity (Wildman–Crippen MR) is 137 cm³/mol. The summed E-state index contributed by atoms with van der Waals surface area (Å²) in [7, 11) is 1.61. The van der Waals surface area contributed by atoms with Gasteiger partial charge in [0.05, 0.1) is 19.3 Å². The second-order valence-corrected chi connectivity index (χ2v) is 9.12. The summed E-state index contributed by atoms with van der Waals surface area (Å²) in [6.07, 6.45) is 0. The molecule has 0 aliphatic carbocycles. The Morgan fingerprint density at radius 1 is 0.972 bits per heavy atom. The average molecular weight is 481 g/mol. The molecule has 4 aromatic rings. The van der Waals surface area contributed by atoms with Gasteiger partial charge in [0.2, 0.25) is 5.91 Å². The zero-order valence-corrected chi connectivity index (χ0v) is 20.3. The van der Waals surface area contributed by atoms with Crippen LogP contribution in [0.5, 0.6) is 5.75 Å². The normalized spacial score (nSPS) is 16.9. The fourth-order valence-corrected chi connectivity index (χ4v) is 4.56. The highest BCUT2D eigenvalue weighted by atomic mass is 16.5. The molecule has 0 radical (unpaired) electrons. The largest absolute Gasteiger partial charge is 0.497 e. The van der Waals surface area contributed by atoms with Crippen molar-refractivity contribution in [1.29, 1.82) is 0 Å². The Bertz CT molecular complexity index is 1380. The molecule has 1 aliphatic heterocycles. The van der Waals surface area contributed by atoms with Crippen LogP contribution in [0.1, 0.15) is 28.5 Å². The van der Waals surface area contributed by atoms with E-state index in [1.54, 1.807) is 29.7 Å². The molecule has 1 aliphatic rings. The monoisotopic (exact) mass is 480 g/mol. The first-order chi connectivity index (χ1) is 17.5. The van der Waals surface area contributed by atoms with E-state index in [0.717, 1.165) is 16.7 Å². The van der Waals surface area contributed by atoms with Crippen LogP contribution in [0.4, 0.5) is 0 Å². The molecule has 3 aromatic carbocycles. The van der Waals surface area contributed by atoms with Crippen molar-refractivity contribution in [2.24, 2.45) is 0 Å². The maximum absolute atomic E-state index is 13.9.